The lowest BCUT2D eigenvalue weighted by molar-refractivity contribution is -0.147. The molecule has 0 radical (unpaired) electrons. The summed E-state index contributed by atoms with van der Waals surface area (Å²) in [6.07, 6.45) is 0.251. The maximum Gasteiger partial charge on any atom is 0.316 e. The van der Waals surface area contributed by atoms with Crippen molar-refractivity contribution in [2.24, 2.45) is 5.41 Å². The van der Waals surface area contributed by atoms with E-state index in [1.54, 1.807) is 0 Å². The largest absolute Gasteiger partial charge is 0.481 e. The molecule has 1 fully saturated rings. The van der Waals surface area contributed by atoms with Crippen molar-refractivity contribution in [1.82, 2.24) is 0 Å². The summed E-state index contributed by atoms with van der Waals surface area (Å²) in [5, 5.41) is 9.47. The Labute approximate surface area is 101 Å². The normalized spacial score (nSPS) is 28.3. The van der Waals surface area contributed by atoms with Gasteiger partial charge < -0.3 is 9.84 Å². The van der Waals surface area contributed by atoms with Crippen LogP contribution in [0.3, 0.4) is 0 Å². The summed E-state index contributed by atoms with van der Waals surface area (Å²) >= 11 is 0. The third-order valence-corrected chi connectivity index (χ3v) is 3.44. The molecule has 1 aliphatic rings. The topological polar surface area (TPSA) is 46.5 Å². The fourth-order valence-electron chi connectivity index (χ4n) is 2.23. The lowest BCUT2D eigenvalue weighted by Gasteiger charge is -2.24. The number of benzene rings is 1. The van der Waals surface area contributed by atoms with E-state index in [1.165, 1.54) is 0 Å². The highest BCUT2D eigenvalue weighted by Crippen LogP contribution is 2.40. The van der Waals surface area contributed by atoms with Crippen LogP contribution in [0.5, 0.6) is 0 Å². The zero-order chi connectivity index (χ0) is 12.5. The van der Waals surface area contributed by atoms with Crippen LogP contribution in [0.25, 0.3) is 0 Å². The Kier molecular flexibility index (Phi) is 3.03. The molecule has 0 bridgehead atoms. The minimum absolute atomic E-state index is 0.185. The molecule has 1 aromatic rings. The van der Waals surface area contributed by atoms with Crippen LogP contribution >= 0.6 is 0 Å². The van der Waals surface area contributed by atoms with E-state index < -0.39 is 11.4 Å². The molecule has 2 unspecified atom stereocenters. The smallest absolute Gasteiger partial charge is 0.316 e. The van der Waals surface area contributed by atoms with Crippen LogP contribution in [0.15, 0.2) is 42.5 Å². The maximum absolute atomic E-state index is 11.5. The molecule has 1 saturated heterocycles. The summed E-state index contributed by atoms with van der Waals surface area (Å²) in [4.78, 5) is 11.5. The molecule has 0 saturated carbocycles. The van der Waals surface area contributed by atoms with E-state index in [1.807, 2.05) is 37.3 Å². The van der Waals surface area contributed by atoms with Gasteiger partial charge in [-0.3, -0.25) is 4.79 Å². The first-order valence-corrected chi connectivity index (χ1v) is 5.64. The predicted octanol–water partition coefficient (Wildman–Crippen LogP) is 2.27. The van der Waals surface area contributed by atoms with Crippen molar-refractivity contribution in [2.75, 3.05) is 6.61 Å². The van der Waals surface area contributed by atoms with E-state index in [4.69, 9.17) is 4.74 Å². The van der Waals surface area contributed by atoms with Crippen molar-refractivity contribution in [1.29, 1.82) is 0 Å². The molecular formula is C14H16O3. The SMILES string of the molecule is C=C1C(C)OCC1(Cc1ccccc1)C(=O)O. The van der Waals surface area contributed by atoms with Gasteiger partial charge in [0, 0.05) is 0 Å². The zero-order valence-electron chi connectivity index (χ0n) is 9.85. The van der Waals surface area contributed by atoms with Crippen LogP contribution < -0.4 is 0 Å². The van der Waals surface area contributed by atoms with Crippen LogP contribution in [0.2, 0.25) is 0 Å². The van der Waals surface area contributed by atoms with Crippen LogP contribution in [-0.4, -0.2) is 23.8 Å². The molecule has 0 aliphatic carbocycles. The van der Waals surface area contributed by atoms with Gasteiger partial charge in [0.1, 0.15) is 5.41 Å². The number of rotatable bonds is 3. The quantitative estimate of drug-likeness (QED) is 0.813. The van der Waals surface area contributed by atoms with E-state index in [2.05, 4.69) is 6.58 Å². The number of hydrogen-bond acceptors (Lipinski definition) is 2. The highest BCUT2D eigenvalue weighted by atomic mass is 16.5. The number of carboxylic acids is 1. The Bertz CT molecular complexity index is 438. The molecule has 0 amide bonds. The van der Waals surface area contributed by atoms with Gasteiger partial charge in [0.25, 0.3) is 0 Å². The molecule has 3 heteroatoms. The third-order valence-electron chi connectivity index (χ3n) is 3.44. The number of aliphatic carboxylic acids is 1. The van der Waals surface area contributed by atoms with Gasteiger partial charge in [-0.2, -0.15) is 0 Å². The van der Waals surface area contributed by atoms with Gasteiger partial charge in [-0.25, -0.2) is 0 Å². The second kappa shape index (κ2) is 4.34. The van der Waals surface area contributed by atoms with Crippen molar-refractivity contribution in [2.45, 2.75) is 19.4 Å². The first-order valence-electron chi connectivity index (χ1n) is 5.64. The lowest BCUT2D eigenvalue weighted by atomic mass is 9.76. The standard InChI is InChI=1S/C14H16O3/c1-10-11(2)17-9-14(10,13(15)16)8-12-6-4-3-5-7-12/h3-7,11H,1,8-9H2,2H3,(H,15,16). The molecule has 1 heterocycles. The van der Waals surface area contributed by atoms with Crippen LogP contribution in [0, 0.1) is 5.41 Å². The fourth-order valence-corrected chi connectivity index (χ4v) is 2.23. The molecule has 1 aliphatic heterocycles. The second-order valence-corrected chi connectivity index (χ2v) is 4.53. The number of carbonyl (C=O) groups is 1. The van der Waals surface area contributed by atoms with Crippen molar-refractivity contribution in [3.63, 3.8) is 0 Å². The average Bonchev–Trinajstić information content (AvgIpc) is 2.60. The monoisotopic (exact) mass is 232 g/mol. The summed E-state index contributed by atoms with van der Waals surface area (Å²) in [7, 11) is 0. The molecule has 1 N–H and O–H groups in total. The Hall–Kier alpha value is -1.61. The first-order chi connectivity index (χ1) is 8.06. The van der Waals surface area contributed by atoms with Crippen LogP contribution in [0.1, 0.15) is 12.5 Å². The number of carboxylic acid groups (broad SMARTS) is 1. The third kappa shape index (κ3) is 1.98. The van der Waals surface area contributed by atoms with E-state index in [-0.39, 0.29) is 12.7 Å². The van der Waals surface area contributed by atoms with E-state index in [0.29, 0.717) is 12.0 Å². The molecule has 2 atom stereocenters. The molecule has 17 heavy (non-hydrogen) atoms. The summed E-state index contributed by atoms with van der Waals surface area (Å²) < 4.78 is 5.43. The molecule has 90 valence electrons. The first kappa shape index (κ1) is 11.9. The lowest BCUT2D eigenvalue weighted by Crippen LogP contribution is -2.35. The van der Waals surface area contributed by atoms with E-state index in [0.717, 1.165) is 5.56 Å². The van der Waals surface area contributed by atoms with Gasteiger partial charge in [0.15, 0.2) is 0 Å². The average molecular weight is 232 g/mol. The Balaban J connectivity index is 2.31. The molecule has 0 spiro atoms. The molecule has 1 aromatic carbocycles. The van der Waals surface area contributed by atoms with Gasteiger partial charge >= 0.3 is 5.97 Å². The predicted molar refractivity (Wildman–Crippen MR) is 64.8 cm³/mol. The summed E-state index contributed by atoms with van der Waals surface area (Å²) in [6.45, 7) is 5.95. The fraction of sp³-hybridized carbons (Fsp3) is 0.357. The summed E-state index contributed by atoms with van der Waals surface area (Å²) in [6, 6.07) is 9.60. The summed E-state index contributed by atoms with van der Waals surface area (Å²) in [5.41, 5.74) is 0.684. The van der Waals surface area contributed by atoms with E-state index in [9.17, 15) is 9.90 Å². The van der Waals surface area contributed by atoms with Crippen molar-refractivity contribution < 1.29 is 14.6 Å². The second-order valence-electron chi connectivity index (χ2n) is 4.53. The number of ether oxygens (including phenoxy) is 1. The summed E-state index contributed by atoms with van der Waals surface area (Å²) in [5.74, 6) is -0.851. The highest BCUT2D eigenvalue weighted by Gasteiger charge is 2.48. The van der Waals surface area contributed by atoms with Gasteiger partial charge in [-0.15, -0.1) is 0 Å². The Morgan fingerprint density at radius 1 is 1.53 bits per heavy atom. The Morgan fingerprint density at radius 3 is 2.65 bits per heavy atom. The maximum atomic E-state index is 11.5. The van der Waals surface area contributed by atoms with Gasteiger partial charge in [-0.05, 0) is 24.5 Å². The van der Waals surface area contributed by atoms with Gasteiger partial charge in [-0.1, -0.05) is 36.9 Å². The highest BCUT2D eigenvalue weighted by molar-refractivity contribution is 5.80. The zero-order valence-corrected chi connectivity index (χ0v) is 9.85. The van der Waals surface area contributed by atoms with Crippen molar-refractivity contribution in [3.05, 3.63) is 48.0 Å². The molecule has 3 nitrogen and oxygen atoms in total. The van der Waals surface area contributed by atoms with Gasteiger partial charge in [0.2, 0.25) is 0 Å². The number of hydrogen-bond donors (Lipinski definition) is 1. The minimum Gasteiger partial charge on any atom is -0.481 e. The van der Waals surface area contributed by atoms with E-state index >= 15 is 0 Å². The van der Waals surface area contributed by atoms with Crippen molar-refractivity contribution >= 4 is 5.97 Å². The van der Waals surface area contributed by atoms with Crippen molar-refractivity contribution in [3.8, 4) is 0 Å². The molecule has 0 aromatic heterocycles. The minimum atomic E-state index is -0.971. The molecule has 2 rings (SSSR count). The van der Waals surface area contributed by atoms with Crippen LogP contribution in [-0.2, 0) is 16.0 Å². The van der Waals surface area contributed by atoms with Gasteiger partial charge in [0.05, 0.1) is 12.7 Å². The molecular weight excluding hydrogens is 216 g/mol. The van der Waals surface area contributed by atoms with Crippen LogP contribution in [0.4, 0.5) is 0 Å². The Morgan fingerprint density at radius 2 is 2.18 bits per heavy atom.